The van der Waals surface area contributed by atoms with Crippen LogP contribution in [-0.4, -0.2) is 40.6 Å². The molecular formula is C23H22FN3O3. The average molecular weight is 407 g/mol. The summed E-state index contributed by atoms with van der Waals surface area (Å²) in [6, 6.07) is 11.7. The largest absolute Gasteiger partial charge is 0.478 e. The third-order valence-corrected chi connectivity index (χ3v) is 5.05. The second-order valence-electron chi connectivity index (χ2n) is 6.93. The number of rotatable bonds is 6. The third kappa shape index (κ3) is 4.16. The second-order valence-corrected chi connectivity index (χ2v) is 6.93. The van der Waals surface area contributed by atoms with Gasteiger partial charge in [0, 0.05) is 47.9 Å². The van der Waals surface area contributed by atoms with Gasteiger partial charge in [-0.05, 0) is 30.7 Å². The van der Waals surface area contributed by atoms with Crippen LogP contribution in [-0.2, 0) is 16.1 Å². The van der Waals surface area contributed by atoms with Gasteiger partial charge in [0.2, 0.25) is 11.8 Å². The van der Waals surface area contributed by atoms with Gasteiger partial charge in [-0.15, -0.1) is 0 Å². The molecule has 0 N–H and O–H groups in total. The maximum atomic E-state index is 14.2. The Morgan fingerprint density at radius 1 is 1.20 bits per heavy atom. The van der Waals surface area contributed by atoms with Crippen molar-refractivity contribution in [2.45, 2.75) is 19.5 Å². The van der Waals surface area contributed by atoms with Crippen LogP contribution in [0.25, 0.3) is 11.1 Å². The number of aromatic nitrogens is 2. The lowest BCUT2D eigenvalue weighted by Gasteiger charge is -2.36. The topological polar surface area (TPSA) is 64.6 Å². The Balaban J connectivity index is 1.69. The summed E-state index contributed by atoms with van der Waals surface area (Å²) in [6.07, 6.45) is 5.16. The first-order valence-corrected chi connectivity index (χ1v) is 9.81. The monoisotopic (exact) mass is 407 g/mol. The summed E-state index contributed by atoms with van der Waals surface area (Å²) in [5, 5.41) is 0. The van der Waals surface area contributed by atoms with Crippen molar-refractivity contribution in [3.05, 3.63) is 78.0 Å². The minimum atomic E-state index is -0.388. The van der Waals surface area contributed by atoms with Crippen molar-refractivity contribution in [1.29, 1.82) is 0 Å². The summed E-state index contributed by atoms with van der Waals surface area (Å²) in [5.74, 6) is 0.0287. The average Bonchev–Trinajstić information content (AvgIpc) is 2.77. The molecule has 0 radical (unpaired) electrons. The lowest BCUT2D eigenvalue weighted by atomic mass is 9.96. The second kappa shape index (κ2) is 9.00. The molecule has 1 aromatic carbocycles. The number of hydrogen-bond acceptors (Lipinski definition) is 5. The van der Waals surface area contributed by atoms with E-state index in [4.69, 9.17) is 9.47 Å². The Morgan fingerprint density at radius 2 is 2.07 bits per heavy atom. The Hall–Kier alpha value is -3.32. The lowest BCUT2D eigenvalue weighted by Crippen LogP contribution is -2.44. The first kappa shape index (κ1) is 20.0. The summed E-state index contributed by atoms with van der Waals surface area (Å²) in [4.78, 5) is 22.9. The fourth-order valence-corrected chi connectivity index (χ4v) is 3.58. The van der Waals surface area contributed by atoms with E-state index in [2.05, 4.69) is 9.97 Å². The van der Waals surface area contributed by atoms with E-state index in [1.807, 2.05) is 25.1 Å². The molecule has 1 atom stereocenters. The normalized spacial score (nSPS) is 16.5. The van der Waals surface area contributed by atoms with Crippen molar-refractivity contribution in [3.63, 3.8) is 0 Å². The van der Waals surface area contributed by atoms with E-state index >= 15 is 0 Å². The van der Waals surface area contributed by atoms with Gasteiger partial charge in [0.05, 0.1) is 19.3 Å². The van der Waals surface area contributed by atoms with Crippen LogP contribution in [0.1, 0.15) is 24.1 Å². The Kier molecular flexibility index (Phi) is 5.99. The van der Waals surface area contributed by atoms with Crippen molar-refractivity contribution >= 4 is 5.91 Å². The molecule has 0 saturated carbocycles. The SMILES string of the molecule is CCOc1ccc(-c2ccncc2C2COCC(=O)N2Cc2ccccc2F)cn1. The minimum absolute atomic E-state index is 0.0227. The first-order valence-electron chi connectivity index (χ1n) is 9.81. The summed E-state index contributed by atoms with van der Waals surface area (Å²) in [6.45, 7) is 2.89. The molecule has 1 fully saturated rings. The minimum Gasteiger partial charge on any atom is -0.478 e. The maximum Gasteiger partial charge on any atom is 0.249 e. The fourth-order valence-electron chi connectivity index (χ4n) is 3.58. The van der Waals surface area contributed by atoms with Gasteiger partial charge in [0.15, 0.2) is 0 Å². The van der Waals surface area contributed by atoms with E-state index in [0.29, 0.717) is 24.7 Å². The molecule has 2 aromatic heterocycles. The van der Waals surface area contributed by atoms with E-state index in [1.165, 1.54) is 6.07 Å². The highest BCUT2D eigenvalue weighted by molar-refractivity contribution is 5.79. The summed E-state index contributed by atoms with van der Waals surface area (Å²) < 4.78 is 25.2. The van der Waals surface area contributed by atoms with E-state index in [1.54, 1.807) is 41.7 Å². The van der Waals surface area contributed by atoms with Crippen molar-refractivity contribution in [2.24, 2.45) is 0 Å². The number of morpholine rings is 1. The molecule has 0 bridgehead atoms. The molecule has 1 saturated heterocycles. The van der Waals surface area contributed by atoms with Crippen LogP contribution in [0.15, 0.2) is 61.1 Å². The van der Waals surface area contributed by atoms with Crippen LogP contribution in [0, 0.1) is 5.82 Å². The first-order chi connectivity index (χ1) is 14.7. The molecule has 1 aliphatic heterocycles. The van der Waals surface area contributed by atoms with Gasteiger partial charge in [-0.25, -0.2) is 9.37 Å². The van der Waals surface area contributed by atoms with Gasteiger partial charge >= 0.3 is 0 Å². The van der Waals surface area contributed by atoms with Crippen LogP contribution in [0.5, 0.6) is 5.88 Å². The van der Waals surface area contributed by atoms with Crippen LogP contribution in [0.3, 0.4) is 0 Å². The predicted molar refractivity (Wildman–Crippen MR) is 109 cm³/mol. The van der Waals surface area contributed by atoms with Crippen molar-refractivity contribution in [2.75, 3.05) is 19.8 Å². The van der Waals surface area contributed by atoms with E-state index in [9.17, 15) is 9.18 Å². The van der Waals surface area contributed by atoms with Gasteiger partial charge in [-0.2, -0.15) is 0 Å². The Morgan fingerprint density at radius 3 is 2.83 bits per heavy atom. The van der Waals surface area contributed by atoms with Crippen LogP contribution in [0.2, 0.25) is 0 Å². The highest BCUT2D eigenvalue weighted by atomic mass is 19.1. The summed E-state index contributed by atoms with van der Waals surface area (Å²) in [7, 11) is 0. The predicted octanol–water partition coefficient (Wildman–Crippen LogP) is 3.78. The summed E-state index contributed by atoms with van der Waals surface area (Å²) >= 11 is 0. The molecular weight excluding hydrogens is 385 g/mol. The zero-order chi connectivity index (χ0) is 20.9. The van der Waals surface area contributed by atoms with Crippen LogP contribution >= 0.6 is 0 Å². The quantitative estimate of drug-likeness (QED) is 0.622. The highest BCUT2D eigenvalue weighted by Crippen LogP contribution is 2.34. The van der Waals surface area contributed by atoms with Crippen LogP contribution in [0.4, 0.5) is 4.39 Å². The van der Waals surface area contributed by atoms with E-state index < -0.39 is 0 Å². The molecule has 3 heterocycles. The van der Waals surface area contributed by atoms with E-state index in [0.717, 1.165) is 16.7 Å². The molecule has 0 spiro atoms. The lowest BCUT2D eigenvalue weighted by molar-refractivity contribution is -0.149. The van der Waals surface area contributed by atoms with E-state index in [-0.39, 0.29) is 30.9 Å². The number of carbonyl (C=O) groups excluding carboxylic acids is 1. The maximum absolute atomic E-state index is 14.2. The number of hydrogen-bond donors (Lipinski definition) is 0. The molecule has 3 aromatic rings. The number of nitrogens with zero attached hydrogens (tertiary/aromatic N) is 3. The fraction of sp³-hybridized carbons (Fsp3) is 0.261. The van der Waals surface area contributed by atoms with Crippen molar-refractivity contribution < 1.29 is 18.7 Å². The number of benzene rings is 1. The molecule has 7 heteroatoms. The molecule has 1 aliphatic rings. The zero-order valence-corrected chi connectivity index (χ0v) is 16.6. The van der Waals surface area contributed by atoms with Crippen molar-refractivity contribution in [1.82, 2.24) is 14.9 Å². The van der Waals surface area contributed by atoms with Gasteiger partial charge in [0.25, 0.3) is 0 Å². The zero-order valence-electron chi connectivity index (χ0n) is 16.6. The number of pyridine rings is 2. The highest BCUT2D eigenvalue weighted by Gasteiger charge is 2.32. The third-order valence-electron chi connectivity index (χ3n) is 5.05. The van der Waals surface area contributed by atoms with Gasteiger partial charge in [-0.1, -0.05) is 18.2 Å². The molecule has 154 valence electrons. The molecule has 0 aliphatic carbocycles. The number of carbonyl (C=O) groups is 1. The number of ether oxygens (including phenoxy) is 2. The van der Waals surface area contributed by atoms with Gasteiger partial charge in [-0.3, -0.25) is 9.78 Å². The molecule has 30 heavy (non-hydrogen) atoms. The van der Waals surface area contributed by atoms with Gasteiger partial charge < -0.3 is 14.4 Å². The molecule has 6 nitrogen and oxygen atoms in total. The van der Waals surface area contributed by atoms with Crippen LogP contribution < -0.4 is 4.74 Å². The number of amides is 1. The summed E-state index contributed by atoms with van der Waals surface area (Å²) in [5.41, 5.74) is 3.06. The molecule has 1 amide bonds. The molecule has 4 rings (SSSR count). The Labute approximate surface area is 174 Å². The van der Waals surface area contributed by atoms with Gasteiger partial charge in [0.1, 0.15) is 12.4 Å². The number of halogens is 1. The smallest absolute Gasteiger partial charge is 0.249 e. The Bertz CT molecular complexity index is 1030. The van der Waals surface area contributed by atoms with Crippen molar-refractivity contribution in [3.8, 4) is 17.0 Å². The standard InChI is InChI=1S/C23H22FN3O3/c1-2-30-22-8-7-16(11-26-22)18-9-10-25-12-19(18)21-14-29-15-23(28)27(21)13-17-5-3-4-6-20(17)24/h3-12,21H,2,13-15H2,1H3. The molecule has 1 unspecified atom stereocenters.